The molecule has 0 aromatic carbocycles. The van der Waals surface area contributed by atoms with Gasteiger partial charge in [0, 0.05) is 6.42 Å². The van der Waals surface area contributed by atoms with Crippen molar-refractivity contribution in [3.8, 4) is 0 Å². The molecule has 0 spiro atoms. The summed E-state index contributed by atoms with van der Waals surface area (Å²) in [7, 11) is 0. The second kappa shape index (κ2) is 6.34. The van der Waals surface area contributed by atoms with Crippen molar-refractivity contribution in [3.63, 3.8) is 0 Å². The fraction of sp³-hybridized carbons (Fsp3) is 0.650. The quantitative estimate of drug-likeness (QED) is 0.408. The molecular weight excluding hydrogens is 256 g/mol. The number of ketones is 1. The third-order valence-corrected chi connectivity index (χ3v) is 5.37. The molecule has 21 heavy (non-hydrogen) atoms. The van der Waals surface area contributed by atoms with E-state index in [1.807, 2.05) is 0 Å². The van der Waals surface area contributed by atoms with E-state index in [0.29, 0.717) is 11.7 Å². The normalized spacial score (nSPS) is 36.1. The first kappa shape index (κ1) is 16.3. The van der Waals surface area contributed by atoms with Crippen LogP contribution in [-0.4, -0.2) is 5.78 Å². The molecule has 0 aliphatic heterocycles. The van der Waals surface area contributed by atoms with Crippen LogP contribution in [0.15, 0.2) is 34.4 Å². The predicted octanol–water partition coefficient (Wildman–Crippen LogP) is 5.77. The first-order chi connectivity index (χ1) is 9.83. The van der Waals surface area contributed by atoms with Gasteiger partial charge in [-0.2, -0.15) is 0 Å². The lowest BCUT2D eigenvalue weighted by atomic mass is 9.72. The summed E-state index contributed by atoms with van der Waals surface area (Å²) >= 11 is 0. The van der Waals surface area contributed by atoms with Crippen molar-refractivity contribution in [2.24, 2.45) is 11.3 Å². The Hall–Kier alpha value is -1.11. The van der Waals surface area contributed by atoms with Crippen LogP contribution >= 0.6 is 0 Å². The molecule has 0 amide bonds. The van der Waals surface area contributed by atoms with E-state index in [1.165, 1.54) is 16.7 Å². The number of fused-ring (bicyclic) bond motifs is 1. The molecule has 0 unspecified atom stereocenters. The number of Topliss-reactive ketones (excluding diaryl/α,β-unsaturated/α-hetero) is 1. The first-order valence-corrected chi connectivity index (χ1v) is 8.35. The Morgan fingerprint density at radius 1 is 1.14 bits per heavy atom. The van der Waals surface area contributed by atoms with Crippen molar-refractivity contribution in [1.29, 1.82) is 0 Å². The molecule has 2 aliphatic carbocycles. The minimum atomic E-state index is 0.121. The van der Waals surface area contributed by atoms with Gasteiger partial charge in [0.05, 0.1) is 0 Å². The van der Waals surface area contributed by atoms with Crippen molar-refractivity contribution in [3.05, 3.63) is 34.4 Å². The van der Waals surface area contributed by atoms with Gasteiger partial charge in [-0.3, -0.25) is 4.79 Å². The Labute approximate surface area is 130 Å². The number of allylic oxidation sites excluding steroid dienone is 6. The summed E-state index contributed by atoms with van der Waals surface area (Å²) in [5.41, 5.74) is 5.44. The molecule has 0 N–H and O–H groups in total. The zero-order valence-electron chi connectivity index (χ0n) is 14.4. The zero-order chi connectivity index (χ0) is 15.6. The topological polar surface area (TPSA) is 17.1 Å². The van der Waals surface area contributed by atoms with Gasteiger partial charge in [-0.05, 0) is 76.7 Å². The van der Waals surface area contributed by atoms with Gasteiger partial charge in [0.15, 0.2) is 5.78 Å². The van der Waals surface area contributed by atoms with E-state index in [1.54, 1.807) is 0 Å². The summed E-state index contributed by atoms with van der Waals surface area (Å²) in [6.45, 7) is 11.0. The molecule has 0 heterocycles. The van der Waals surface area contributed by atoms with Gasteiger partial charge in [0.1, 0.15) is 0 Å². The Kier molecular flexibility index (Phi) is 4.91. The summed E-state index contributed by atoms with van der Waals surface area (Å²) in [6.07, 6.45) is 11.1. The molecule has 2 rings (SSSR count). The van der Waals surface area contributed by atoms with E-state index in [4.69, 9.17) is 0 Å². The van der Waals surface area contributed by atoms with Crippen LogP contribution in [0.2, 0.25) is 0 Å². The average Bonchev–Trinajstić information content (AvgIpc) is 2.64. The Morgan fingerprint density at radius 2 is 1.81 bits per heavy atom. The zero-order valence-corrected chi connectivity index (χ0v) is 14.4. The lowest BCUT2D eigenvalue weighted by Crippen LogP contribution is -2.22. The molecule has 2 aliphatic rings. The Bertz CT molecular complexity index is 514. The van der Waals surface area contributed by atoms with Crippen LogP contribution in [0.25, 0.3) is 0 Å². The average molecular weight is 286 g/mol. The third kappa shape index (κ3) is 3.56. The minimum Gasteiger partial charge on any atom is -0.295 e. The summed E-state index contributed by atoms with van der Waals surface area (Å²) in [4.78, 5) is 12.5. The second-order valence-electron chi connectivity index (χ2n) is 7.60. The third-order valence-electron chi connectivity index (χ3n) is 5.37. The van der Waals surface area contributed by atoms with Crippen LogP contribution in [0, 0.1) is 11.3 Å². The maximum atomic E-state index is 12.5. The molecule has 0 bridgehead atoms. The van der Waals surface area contributed by atoms with Gasteiger partial charge >= 0.3 is 0 Å². The van der Waals surface area contributed by atoms with E-state index in [2.05, 4.69) is 46.8 Å². The Balaban J connectivity index is 2.40. The maximum absolute atomic E-state index is 12.5. The van der Waals surface area contributed by atoms with Crippen molar-refractivity contribution in [2.75, 3.05) is 0 Å². The highest BCUT2D eigenvalue weighted by Crippen LogP contribution is 2.51. The van der Waals surface area contributed by atoms with E-state index in [0.717, 1.165) is 44.1 Å². The van der Waals surface area contributed by atoms with Crippen LogP contribution in [-0.2, 0) is 4.79 Å². The smallest absolute Gasteiger partial charge is 0.159 e. The van der Waals surface area contributed by atoms with Crippen LogP contribution in [0.3, 0.4) is 0 Å². The second-order valence-corrected chi connectivity index (χ2v) is 7.60. The Morgan fingerprint density at radius 3 is 2.48 bits per heavy atom. The number of carbonyl (C=O) groups excluding carboxylic acids is 1. The predicted molar refractivity (Wildman–Crippen MR) is 90.2 cm³/mol. The number of carbonyl (C=O) groups is 1. The summed E-state index contributed by atoms with van der Waals surface area (Å²) in [6, 6.07) is 0. The van der Waals surface area contributed by atoms with Gasteiger partial charge in [-0.25, -0.2) is 0 Å². The molecule has 1 fully saturated rings. The largest absolute Gasteiger partial charge is 0.295 e. The monoisotopic (exact) mass is 286 g/mol. The van der Waals surface area contributed by atoms with Crippen molar-refractivity contribution >= 4 is 5.78 Å². The molecule has 1 heteroatoms. The number of rotatable bonds is 0. The highest BCUT2D eigenvalue weighted by Gasteiger charge is 2.46. The number of hydrogen-bond donors (Lipinski definition) is 0. The molecule has 0 aromatic rings. The SMILES string of the molecule is CC(C)=C1C(=O)C[C@@]2(C)C/C=C(/C)CC/C=C(\C)CC[C@H]12. The lowest BCUT2D eigenvalue weighted by molar-refractivity contribution is -0.115. The maximum Gasteiger partial charge on any atom is 0.159 e. The van der Waals surface area contributed by atoms with E-state index in [-0.39, 0.29) is 5.41 Å². The molecule has 116 valence electrons. The van der Waals surface area contributed by atoms with Crippen molar-refractivity contribution < 1.29 is 4.79 Å². The lowest BCUT2D eigenvalue weighted by Gasteiger charge is -2.31. The number of hydrogen-bond acceptors (Lipinski definition) is 1. The summed E-state index contributed by atoms with van der Waals surface area (Å²) in [5, 5.41) is 0. The van der Waals surface area contributed by atoms with Crippen LogP contribution in [0.4, 0.5) is 0 Å². The van der Waals surface area contributed by atoms with Crippen LogP contribution in [0.5, 0.6) is 0 Å². The highest BCUT2D eigenvalue weighted by molar-refractivity contribution is 5.99. The van der Waals surface area contributed by atoms with Gasteiger partial charge in [0.25, 0.3) is 0 Å². The first-order valence-electron chi connectivity index (χ1n) is 8.35. The van der Waals surface area contributed by atoms with Gasteiger partial charge in [0.2, 0.25) is 0 Å². The minimum absolute atomic E-state index is 0.121. The highest BCUT2D eigenvalue weighted by atomic mass is 16.1. The van der Waals surface area contributed by atoms with Crippen LogP contribution < -0.4 is 0 Å². The van der Waals surface area contributed by atoms with Gasteiger partial charge < -0.3 is 0 Å². The molecule has 2 atom stereocenters. The fourth-order valence-corrected chi connectivity index (χ4v) is 3.99. The fourth-order valence-electron chi connectivity index (χ4n) is 3.99. The van der Waals surface area contributed by atoms with Gasteiger partial charge in [-0.1, -0.05) is 35.8 Å². The van der Waals surface area contributed by atoms with E-state index in [9.17, 15) is 4.79 Å². The summed E-state index contributed by atoms with van der Waals surface area (Å²) in [5.74, 6) is 0.827. The van der Waals surface area contributed by atoms with E-state index >= 15 is 0 Å². The van der Waals surface area contributed by atoms with Crippen molar-refractivity contribution in [2.45, 2.75) is 73.1 Å². The summed E-state index contributed by atoms with van der Waals surface area (Å²) < 4.78 is 0. The molecule has 0 saturated heterocycles. The van der Waals surface area contributed by atoms with Crippen molar-refractivity contribution in [1.82, 2.24) is 0 Å². The standard InChI is InChI=1S/C20H30O/c1-14(2)19-17-10-9-15(3)7-6-8-16(4)11-12-20(17,5)13-18(19)21/h7,11,17H,6,8-10,12-13H2,1-5H3/b15-7+,16-11-/t17-,20-/m1/s1. The molecule has 0 radical (unpaired) electrons. The molecule has 1 saturated carbocycles. The molecular formula is C20H30O. The van der Waals surface area contributed by atoms with E-state index < -0.39 is 0 Å². The molecule has 0 aromatic heterocycles. The molecule has 1 nitrogen and oxygen atoms in total. The van der Waals surface area contributed by atoms with Crippen LogP contribution in [0.1, 0.15) is 73.1 Å². The van der Waals surface area contributed by atoms with Gasteiger partial charge in [-0.15, -0.1) is 0 Å².